The molecule has 1 radical (unpaired) electrons. The molecule has 22 heavy (non-hydrogen) atoms. The Morgan fingerprint density at radius 2 is 0.773 bits per heavy atom. The van der Waals surface area contributed by atoms with Crippen molar-refractivity contribution < 1.29 is 13.3 Å². The summed E-state index contributed by atoms with van der Waals surface area (Å²) in [6, 6.07) is 0. The lowest BCUT2D eigenvalue weighted by molar-refractivity contribution is 0.0886. The molecule has 0 aromatic heterocycles. The van der Waals surface area contributed by atoms with Crippen molar-refractivity contribution in [1.29, 1.82) is 0 Å². The van der Waals surface area contributed by atoms with Crippen molar-refractivity contribution in [3.05, 3.63) is 0 Å². The monoisotopic (exact) mass is 331 g/mol. The molecular formula is C18H39O3Si. The Labute approximate surface area is 141 Å². The molecule has 3 nitrogen and oxygen atoms in total. The van der Waals surface area contributed by atoms with E-state index in [1.165, 1.54) is 57.8 Å². The van der Waals surface area contributed by atoms with Gasteiger partial charge in [0, 0.05) is 19.8 Å². The first kappa shape index (κ1) is 22.1. The molecule has 133 valence electrons. The van der Waals surface area contributed by atoms with Gasteiger partial charge in [-0.05, 0) is 19.3 Å². The molecule has 0 bridgehead atoms. The Morgan fingerprint density at radius 3 is 1.05 bits per heavy atom. The Kier molecular flexibility index (Phi) is 19.2. The lowest BCUT2D eigenvalue weighted by Crippen LogP contribution is -2.28. The van der Waals surface area contributed by atoms with Gasteiger partial charge >= 0.3 is 9.53 Å². The number of unbranched alkanes of at least 4 members (excludes halogenated alkanes) is 9. The van der Waals surface area contributed by atoms with Crippen LogP contribution < -0.4 is 0 Å². The Hall–Kier alpha value is 0.0969. The molecule has 0 N–H and O–H groups in total. The Morgan fingerprint density at radius 1 is 0.455 bits per heavy atom. The van der Waals surface area contributed by atoms with E-state index in [0.29, 0.717) is 0 Å². The molecule has 0 aliphatic heterocycles. The Bertz CT molecular complexity index is 169. The van der Waals surface area contributed by atoms with Gasteiger partial charge in [-0.1, -0.05) is 78.6 Å². The molecule has 4 heteroatoms. The third-order valence-corrected chi connectivity index (χ3v) is 4.97. The minimum atomic E-state index is -1.51. The fourth-order valence-corrected chi connectivity index (χ4v) is 3.36. The summed E-state index contributed by atoms with van der Waals surface area (Å²) in [6.07, 6.45) is 14.8. The second-order valence-electron chi connectivity index (χ2n) is 5.98. The van der Waals surface area contributed by atoms with Crippen LogP contribution in [0.3, 0.4) is 0 Å². The second kappa shape index (κ2) is 19.1. The molecule has 0 amide bonds. The summed E-state index contributed by atoms with van der Waals surface area (Å²) in [4.78, 5) is 0. The summed E-state index contributed by atoms with van der Waals surface area (Å²) in [5, 5.41) is 0. The smallest absolute Gasteiger partial charge is 0.371 e. The molecule has 0 aliphatic carbocycles. The van der Waals surface area contributed by atoms with Gasteiger partial charge in [-0.15, -0.1) is 0 Å². The van der Waals surface area contributed by atoms with E-state index in [-0.39, 0.29) is 0 Å². The zero-order chi connectivity index (χ0) is 16.3. The van der Waals surface area contributed by atoms with Crippen molar-refractivity contribution in [1.82, 2.24) is 0 Å². The van der Waals surface area contributed by atoms with Crippen molar-refractivity contribution in [3.63, 3.8) is 0 Å². The Balaban J connectivity index is 3.72. The molecule has 0 rings (SSSR count). The van der Waals surface area contributed by atoms with Gasteiger partial charge in [-0.3, -0.25) is 0 Å². The van der Waals surface area contributed by atoms with E-state index in [0.717, 1.165) is 39.1 Å². The van der Waals surface area contributed by atoms with Gasteiger partial charge < -0.3 is 13.3 Å². The maximum absolute atomic E-state index is 5.86. The normalized spacial score (nSPS) is 11.5. The van der Waals surface area contributed by atoms with E-state index in [2.05, 4.69) is 20.8 Å². The van der Waals surface area contributed by atoms with Crippen LogP contribution in [0.2, 0.25) is 0 Å². The van der Waals surface area contributed by atoms with Gasteiger partial charge in [0.2, 0.25) is 0 Å². The standard InChI is InChI=1S/C18H39O3Si/c1-4-7-10-13-16-19-22(20-17-14-11-8-5-2)21-18-15-12-9-6-3/h4-18H2,1-3H3. The van der Waals surface area contributed by atoms with Crippen molar-refractivity contribution in [3.8, 4) is 0 Å². The van der Waals surface area contributed by atoms with E-state index in [4.69, 9.17) is 13.3 Å². The lowest BCUT2D eigenvalue weighted by Gasteiger charge is -2.15. The third kappa shape index (κ3) is 16.5. The van der Waals surface area contributed by atoms with Crippen molar-refractivity contribution in [2.45, 2.75) is 97.8 Å². The van der Waals surface area contributed by atoms with E-state index >= 15 is 0 Å². The summed E-state index contributed by atoms with van der Waals surface area (Å²) < 4.78 is 17.6. The summed E-state index contributed by atoms with van der Waals surface area (Å²) >= 11 is 0. The molecule has 0 aromatic carbocycles. The van der Waals surface area contributed by atoms with Gasteiger partial charge in [0.05, 0.1) is 0 Å². The first-order chi connectivity index (χ1) is 10.8. The van der Waals surface area contributed by atoms with E-state index in [1.807, 2.05) is 0 Å². The van der Waals surface area contributed by atoms with E-state index in [9.17, 15) is 0 Å². The van der Waals surface area contributed by atoms with Crippen LogP contribution in [0.25, 0.3) is 0 Å². The molecule has 0 fully saturated rings. The molecule has 0 saturated carbocycles. The van der Waals surface area contributed by atoms with E-state index in [1.54, 1.807) is 0 Å². The molecule has 0 heterocycles. The molecule has 0 aliphatic rings. The number of rotatable bonds is 18. The van der Waals surface area contributed by atoms with Gasteiger partial charge in [0.25, 0.3) is 0 Å². The van der Waals surface area contributed by atoms with Crippen LogP contribution in [0.4, 0.5) is 0 Å². The SMILES string of the molecule is CCCCCCO[Si](OCCCCCC)OCCCCCC. The highest BCUT2D eigenvalue weighted by atomic mass is 28.3. The van der Waals surface area contributed by atoms with Crippen molar-refractivity contribution >= 4 is 9.53 Å². The van der Waals surface area contributed by atoms with Crippen molar-refractivity contribution in [2.24, 2.45) is 0 Å². The van der Waals surface area contributed by atoms with Crippen LogP contribution in [0.15, 0.2) is 0 Å². The summed E-state index contributed by atoms with van der Waals surface area (Å²) in [7, 11) is -1.51. The van der Waals surface area contributed by atoms with Gasteiger partial charge in [0.1, 0.15) is 0 Å². The average Bonchev–Trinajstić information content (AvgIpc) is 2.53. The topological polar surface area (TPSA) is 27.7 Å². The first-order valence-electron chi connectivity index (χ1n) is 9.60. The molecule has 0 saturated heterocycles. The largest absolute Gasteiger partial charge is 0.577 e. The highest BCUT2D eigenvalue weighted by Crippen LogP contribution is 2.05. The molecule has 0 aromatic rings. The van der Waals surface area contributed by atoms with Crippen molar-refractivity contribution in [2.75, 3.05) is 19.8 Å². The third-order valence-electron chi connectivity index (χ3n) is 3.65. The first-order valence-corrected chi connectivity index (χ1v) is 10.8. The molecule has 0 atom stereocenters. The van der Waals surface area contributed by atoms with Gasteiger partial charge in [-0.2, -0.15) is 0 Å². The summed E-state index contributed by atoms with van der Waals surface area (Å²) in [6.45, 7) is 9.06. The van der Waals surface area contributed by atoms with E-state index < -0.39 is 9.53 Å². The fourth-order valence-electron chi connectivity index (χ4n) is 2.18. The van der Waals surface area contributed by atoms with Crippen LogP contribution in [0.5, 0.6) is 0 Å². The van der Waals surface area contributed by atoms with Crippen LogP contribution in [0, 0.1) is 0 Å². The van der Waals surface area contributed by atoms with Crippen LogP contribution >= 0.6 is 0 Å². The number of hydrogen-bond acceptors (Lipinski definition) is 3. The highest BCUT2D eigenvalue weighted by molar-refractivity contribution is 6.36. The maximum Gasteiger partial charge on any atom is 0.577 e. The lowest BCUT2D eigenvalue weighted by atomic mass is 10.2. The fraction of sp³-hybridized carbons (Fsp3) is 1.00. The second-order valence-corrected chi connectivity index (χ2v) is 7.34. The van der Waals surface area contributed by atoms with Crippen LogP contribution in [-0.4, -0.2) is 29.3 Å². The predicted molar refractivity (Wildman–Crippen MR) is 96.0 cm³/mol. The minimum absolute atomic E-state index is 0.790. The van der Waals surface area contributed by atoms with Gasteiger partial charge in [0.15, 0.2) is 0 Å². The summed E-state index contributed by atoms with van der Waals surface area (Å²) in [5.41, 5.74) is 0. The quantitative estimate of drug-likeness (QED) is 0.236. The molecular weight excluding hydrogens is 292 g/mol. The highest BCUT2D eigenvalue weighted by Gasteiger charge is 2.18. The zero-order valence-corrected chi connectivity index (χ0v) is 16.3. The average molecular weight is 332 g/mol. The predicted octanol–water partition coefficient (Wildman–Crippen LogP) is 5.76. The maximum atomic E-state index is 5.86. The van der Waals surface area contributed by atoms with Crippen LogP contribution in [-0.2, 0) is 13.3 Å². The number of hydrogen-bond donors (Lipinski definition) is 0. The summed E-state index contributed by atoms with van der Waals surface area (Å²) in [5.74, 6) is 0. The minimum Gasteiger partial charge on any atom is -0.371 e. The molecule has 0 spiro atoms. The van der Waals surface area contributed by atoms with Crippen LogP contribution in [0.1, 0.15) is 97.8 Å². The molecule has 0 unspecified atom stereocenters. The zero-order valence-electron chi connectivity index (χ0n) is 15.3. The van der Waals surface area contributed by atoms with Gasteiger partial charge in [-0.25, -0.2) is 0 Å².